The van der Waals surface area contributed by atoms with Crippen molar-refractivity contribution in [1.82, 2.24) is 4.90 Å². The smallest absolute Gasteiger partial charge is 0.0736 e. The van der Waals surface area contributed by atoms with Crippen molar-refractivity contribution in [3.8, 4) is 0 Å². The van der Waals surface area contributed by atoms with Crippen molar-refractivity contribution < 1.29 is 4.74 Å². The molecule has 0 aromatic rings. The summed E-state index contributed by atoms with van der Waals surface area (Å²) in [6.07, 6.45) is 2.62. The highest BCUT2D eigenvalue weighted by atomic mass is 16.5. The van der Waals surface area contributed by atoms with Crippen LogP contribution < -0.4 is 5.73 Å². The third-order valence-electron chi connectivity index (χ3n) is 4.38. The number of nitrogens with two attached hydrogens (primary N) is 1. The highest BCUT2D eigenvalue weighted by Crippen LogP contribution is 2.23. The number of hydrogen-bond donors (Lipinski definition) is 1. The first-order chi connectivity index (χ1) is 7.99. The number of likely N-dealkylation sites (N-methyl/N-ethyl adjacent to an activating group) is 1. The lowest BCUT2D eigenvalue weighted by molar-refractivity contribution is -0.0355. The van der Waals surface area contributed by atoms with Crippen molar-refractivity contribution in [3.05, 3.63) is 0 Å². The molecule has 0 radical (unpaired) electrons. The molecule has 0 aromatic carbocycles. The Morgan fingerprint density at radius 2 is 1.76 bits per heavy atom. The second-order valence-corrected chi connectivity index (χ2v) is 5.16. The Hall–Kier alpha value is -0.120. The maximum absolute atomic E-state index is 6.00. The van der Waals surface area contributed by atoms with Crippen molar-refractivity contribution in [3.63, 3.8) is 0 Å². The van der Waals surface area contributed by atoms with Gasteiger partial charge < -0.3 is 10.5 Å². The van der Waals surface area contributed by atoms with Gasteiger partial charge in [-0.2, -0.15) is 0 Å². The van der Waals surface area contributed by atoms with Crippen molar-refractivity contribution >= 4 is 0 Å². The molecule has 3 nitrogen and oxygen atoms in total. The molecule has 3 heteroatoms. The highest BCUT2D eigenvalue weighted by Gasteiger charge is 2.36. The number of hydrogen-bond acceptors (Lipinski definition) is 3. The summed E-state index contributed by atoms with van der Waals surface area (Å²) in [5.41, 5.74) is 5.93. The average Bonchev–Trinajstić information content (AvgIpc) is 2.38. The van der Waals surface area contributed by atoms with Gasteiger partial charge in [-0.15, -0.1) is 0 Å². The van der Waals surface area contributed by atoms with Gasteiger partial charge in [-0.05, 0) is 26.3 Å². The van der Waals surface area contributed by atoms with E-state index < -0.39 is 0 Å². The van der Waals surface area contributed by atoms with E-state index in [0.717, 1.165) is 19.0 Å². The molecule has 2 N–H and O–H groups in total. The van der Waals surface area contributed by atoms with Crippen molar-refractivity contribution in [1.29, 1.82) is 0 Å². The molecule has 0 aliphatic carbocycles. The number of nitrogens with zero attached hydrogens (tertiary/aromatic N) is 1. The number of methoxy groups -OCH3 is 1. The lowest BCUT2D eigenvalue weighted by Gasteiger charge is -2.45. The summed E-state index contributed by atoms with van der Waals surface area (Å²) < 4.78 is 5.52. The summed E-state index contributed by atoms with van der Waals surface area (Å²) in [7, 11) is 1.77. The molecule has 0 bridgehead atoms. The Balaban J connectivity index is 4.79. The van der Waals surface area contributed by atoms with Crippen LogP contribution in [0.2, 0.25) is 0 Å². The van der Waals surface area contributed by atoms with E-state index in [2.05, 4.69) is 39.5 Å². The second kappa shape index (κ2) is 8.06. The Kier molecular flexibility index (Phi) is 8.01. The standard InChI is InChI=1S/C14H32N2O/c1-7-13(8-2)10-16(9-3)14(5,11-15)12(4)17-6/h12-13H,7-11,15H2,1-6H3. The third-order valence-corrected chi connectivity index (χ3v) is 4.38. The Labute approximate surface area is 108 Å². The molecule has 2 atom stereocenters. The normalized spacial score (nSPS) is 17.5. The predicted octanol–water partition coefficient (Wildman–Crippen LogP) is 2.50. The molecule has 2 unspecified atom stereocenters. The number of rotatable bonds is 9. The van der Waals surface area contributed by atoms with E-state index in [4.69, 9.17) is 10.5 Å². The molecule has 0 rings (SSSR count). The van der Waals surface area contributed by atoms with Crippen LogP contribution in [-0.2, 0) is 4.74 Å². The molecule has 0 saturated heterocycles. The molecule has 17 heavy (non-hydrogen) atoms. The van der Waals surface area contributed by atoms with Gasteiger partial charge in [-0.3, -0.25) is 4.90 Å². The van der Waals surface area contributed by atoms with E-state index >= 15 is 0 Å². The third kappa shape index (κ3) is 4.23. The van der Waals surface area contributed by atoms with Crippen LogP contribution >= 0.6 is 0 Å². The van der Waals surface area contributed by atoms with Crippen molar-refractivity contribution in [2.24, 2.45) is 11.7 Å². The molecular weight excluding hydrogens is 212 g/mol. The number of ether oxygens (including phenoxy) is 1. The minimum atomic E-state index is -0.0634. The molecule has 0 aromatic heterocycles. The lowest BCUT2D eigenvalue weighted by atomic mass is 9.91. The molecule has 0 heterocycles. The lowest BCUT2D eigenvalue weighted by Crippen LogP contribution is -2.59. The molecule has 0 saturated carbocycles. The van der Waals surface area contributed by atoms with E-state index in [1.807, 2.05) is 0 Å². The molecule has 104 valence electrons. The van der Waals surface area contributed by atoms with E-state index in [1.54, 1.807) is 7.11 Å². The SMILES string of the molecule is CCC(CC)CN(CC)C(C)(CN)C(C)OC. The fourth-order valence-electron chi connectivity index (χ4n) is 2.36. The van der Waals surface area contributed by atoms with Crippen LogP contribution in [0.4, 0.5) is 0 Å². The minimum absolute atomic E-state index is 0.0634. The van der Waals surface area contributed by atoms with Crippen LogP contribution in [0.25, 0.3) is 0 Å². The van der Waals surface area contributed by atoms with Gasteiger partial charge in [0.05, 0.1) is 11.6 Å². The maximum Gasteiger partial charge on any atom is 0.0736 e. The van der Waals surface area contributed by atoms with E-state index in [1.165, 1.54) is 12.8 Å². The van der Waals surface area contributed by atoms with Crippen LogP contribution in [0, 0.1) is 5.92 Å². The zero-order chi connectivity index (χ0) is 13.5. The highest BCUT2D eigenvalue weighted by molar-refractivity contribution is 4.93. The Morgan fingerprint density at radius 1 is 1.24 bits per heavy atom. The van der Waals surface area contributed by atoms with Crippen molar-refractivity contribution in [2.75, 3.05) is 26.7 Å². The predicted molar refractivity (Wildman–Crippen MR) is 75.2 cm³/mol. The Bertz CT molecular complexity index is 195. The quantitative estimate of drug-likeness (QED) is 0.677. The van der Waals surface area contributed by atoms with Gasteiger partial charge in [0.1, 0.15) is 0 Å². The minimum Gasteiger partial charge on any atom is -0.380 e. The van der Waals surface area contributed by atoms with Crippen LogP contribution in [0.15, 0.2) is 0 Å². The topological polar surface area (TPSA) is 38.5 Å². The monoisotopic (exact) mass is 244 g/mol. The zero-order valence-electron chi connectivity index (χ0n) is 12.6. The van der Waals surface area contributed by atoms with E-state index in [-0.39, 0.29) is 11.6 Å². The van der Waals surface area contributed by atoms with Gasteiger partial charge in [0.25, 0.3) is 0 Å². The average molecular weight is 244 g/mol. The summed E-state index contributed by atoms with van der Waals surface area (Å²) in [6, 6.07) is 0. The van der Waals surface area contributed by atoms with Gasteiger partial charge in [0.15, 0.2) is 0 Å². The Morgan fingerprint density at radius 3 is 2.06 bits per heavy atom. The maximum atomic E-state index is 6.00. The van der Waals surface area contributed by atoms with Crippen LogP contribution in [0.3, 0.4) is 0 Å². The van der Waals surface area contributed by atoms with Gasteiger partial charge in [0.2, 0.25) is 0 Å². The fraction of sp³-hybridized carbons (Fsp3) is 1.00. The fourth-order valence-corrected chi connectivity index (χ4v) is 2.36. The van der Waals surface area contributed by atoms with Gasteiger partial charge in [0, 0.05) is 20.2 Å². The summed E-state index contributed by atoms with van der Waals surface area (Å²) in [4.78, 5) is 2.48. The molecule has 0 aliphatic rings. The summed E-state index contributed by atoms with van der Waals surface area (Å²) in [6.45, 7) is 13.8. The first-order valence-corrected chi connectivity index (χ1v) is 6.97. The summed E-state index contributed by atoms with van der Waals surface area (Å²) in [5, 5.41) is 0. The molecule has 0 spiro atoms. The summed E-state index contributed by atoms with van der Waals surface area (Å²) in [5.74, 6) is 0.755. The van der Waals surface area contributed by atoms with Gasteiger partial charge in [-0.25, -0.2) is 0 Å². The summed E-state index contributed by atoms with van der Waals surface area (Å²) >= 11 is 0. The van der Waals surface area contributed by atoms with Gasteiger partial charge >= 0.3 is 0 Å². The first kappa shape index (κ1) is 16.9. The largest absolute Gasteiger partial charge is 0.380 e. The van der Waals surface area contributed by atoms with Crippen LogP contribution in [0.1, 0.15) is 47.5 Å². The van der Waals surface area contributed by atoms with Crippen LogP contribution in [0.5, 0.6) is 0 Å². The van der Waals surface area contributed by atoms with Crippen molar-refractivity contribution in [2.45, 2.75) is 59.1 Å². The molecule has 0 fully saturated rings. The van der Waals surface area contributed by atoms with E-state index in [9.17, 15) is 0 Å². The molecule has 0 aliphatic heterocycles. The van der Waals surface area contributed by atoms with Crippen LogP contribution in [-0.4, -0.2) is 43.3 Å². The zero-order valence-corrected chi connectivity index (χ0v) is 12.6. The molecular formula is C14H32N2O. The molecule has 0 amide bonds. The first-order valence-electron chi connectivity index (χ1n) is 6.97. The van der Waals surface area contributed by atoms with Gasteiger partial charge in [-0.1, -0.05) is 33.6 Å². The van der Waals surface area contributed by atoms with E-state index in [0.29, 0.717) is 6.54 Å². The second-order valence-electron chi connectivity index (χ2n) is 5.16.